The summed E-state index contributed by atoms with van der Waals surface area (Å²) in [5.41, 5.74) is -0.318. The van der Waals surface area contributed by atoms with Crippen LogP contribution in [-0.4, -0.2) is 12.1 Å². The van der Waals surface area contributed by atoms with E-state index in [1.165, 1.54) is 5.32 Å². The van der Waals surface area contributed by atoms with Gasteiger partial charge >= 0.3 is 12.1 Å². The first-order valence-electron chi connectivity index (χ1n) is 3.69. The molecule has 1 aromatic rings. The zero-order valence-corrected chi connectivity index (χ0v) is 9.65. The van der Waals surface area contributed by atoms with Crippen molar-refractivity contribution in [2.24, 2.45) is 0 Å². The van der Waals surface area contributed by atoms with Crippen molar-refractivity contribution < 1.29 is 22.7 Å². The highest BCUT2D eigenvalue weighted by molar-refractivity contribution is 9.10. The van der Waals surface area contributed by atoms with Crippen LogP contribution in [0.15, 0.2) is 16.7 Å². The van der Waals surface area contributed by atoms with E-state index in [-0.39, 0.29) is 20.2 Å². The second kappa shape index (κ2) is 4.46. The lowest BCUT2D eigenvalue weighted by Crippen LogP contribution is -2.34. The number of carbonyl (C=O) groups excluding carboxylic acids is 1. The molecule has 88 valence electrons. The molecule has 1 amide bonds. The predicted molar refractivity (Wildman–Crippen MR) is 52.8 cm³/mol. The molecule has 0 fully saturated rings. The van der Waals surface area contributed by atoms with Gasteiger partial charge in [-0.1, -0.05) is 0 Å². The highest BCUT2D eigenvalue weighted by Gasteiger charge is 2.39. The third kappa shape index (κ3) is 2.76. The fourth-order valence-electron chi connectivity index (χ4n) is 0.778. The first-order chi connectivity index (χ1) is 7.23. The summed E-state index contributed by atoms with van der Waals surface area (Å²) in [5, 5.41) is 12.4. The van der Waals surface area contributed by atoms with Gasteiger partial charge in [0.15, 0.2) is 0 Å². The first kappa shape index (κ1) is 13.0. The van der Waals surface area contributed by atoms with Gasteiger partial charge in [0.25, 0.3) is 9.76 Å². The average molecular weight is 319 g/mol. The minimum atomic E-state index is -5.02. The van der Waals surface area contributed by atoms with Crippen LogP contribution in [-0.2, 0) is 4.79 Å². The van der Waals surface area contributed by atoms with E-state index < -0.39 is 12.1 Å². The summed E-state index contributed by atoms with van der Waals surface area (Å²) in [6, 6.07) is 2.13. The van der Waals surface area contributed by atoms with Crippen molar-refractivity contribution in [2.75, 3.05) is 5.32 Å². The summed E-state index contributed by atoms with van der Waals surface area (Å²) < 4.78 is 35.5. The Bertz CT molecular complexity index is 438. The van der Waals surface area contributed by atoms with Gasteiger partial charge in [0, 0.05) is 22.0 Å². The van der Waals surface area contributed by atoms with Gasteiger partial charge in [0.1, 0.15) is 5.69 Å². The van der Waals surface area contributed by atoms with E-state index in [0.29, 0.717) is 0 Å². The normalized spacial score (nSPS) is 11.3. The number of nitrogens with one attached hydrogen (secondary N) is 1. The van der Waals surface area contributed by atoms with E-state index in [1.807, 2.05) is 0 Å². The molecule has 0 aromatic carbocycles. The van der Waals surface area contributed by atoms with Crippen LogP contribution in [0.4, 0.5) is 18.9 Å². The molecule has 0 saturated carbocycles. The summed E-state index contributed by atoms with van der Waals surface area (Å²) in [6.07, 6.45) is -5.02. The topological polar surface area (TPSA) is 56.0 Å². The lowest BCUT2D eigenvalue weighted by atomic mass is 10.4. The van der Waals surface area contributed by atoms with Crippen LogP contribution < -0.4 is 10.0 Å². The Balaban J connectivity index is 3.00. The zero-order chi connectivity index (χ0) is 12.5. The van der Waals surface area contributed by atoms with Crippen LogP contribution in [0.3, 0.4) is 0 Å². The van der Waals surface area contributed by atoms with Crippen molar-refractivity contribution in [3.05, 3.63) is 27.1 Å². The third-order valence-corrected chi connectivity index (χ3v) is 2.52. The monoisotopic (exact) mass is 318 g/mol. The second-order valence-electron chi connectivity index (χ2n) is 2.61. The standard InChI is InChI=1S/C7H3BrClF3N2O2/c8-5-3(1-2-4(9)14(5)16)13-6(15)7(10,11)12/h1-2H,(H,13,15). The molecule has 0 aliphatic heterocycles. The lowest BCUT2D eigenvalue weighted by molar-refractivity contribution is -0.614. The Morgan fingerprint density at radius 2 is 2.06 bits per heavy atom. The van der Waals surface area contributed by atoms with E-state index in [0.717, 1.165) is 12.1 Å². The van der Waals surface area contributed by atoms with E-state index in [2.05, 4.69) is 15.9 Å². The summed E-state index contributed by atoms with van der Waals surface area (Å²) in [7, 11) is 0. The summed E-state index contributed by atoms with van der Waals surface area (Å²) >= 11 is 8.11. The zero-order valence-electron chi connectivity index (χ0n) is 7.31. The predicted octanol–water partition coefficient (Wildman–Crippen LogP) is 2.24. The fourth-order valence-corrected chi connectivity index (χ4v) is 1.45. The molecule has 0 aliphatic rings. The Hall–Kier alpha value is -1.02. The smallest absolute Gasteiger partial charge is 0.471 e. The highest BCUT2D eigenvalue weighted by Crippen LogP contribution is 2.23. The minimum absolute atomic E-state index is 0.132. The van der Waals surface area contributed by atoms with E-state index in [1.54, 1.807) is 0 Å². The number of carbonyl (C=O) groups is 1. The van der Waals surface area contributed by atoms with Gasteiger partial charge in [-0.25, -0.2) is 0 Å². The Morgan fingerprint density at radius 3 is 2.56 bits per heavy atom. The van der Waals surface area contributed by atoms with Crippen LogP contribution in [0.1, 0.15) is 0 Å². The molecule has 0 unspecified atom stereocenters. The van der Waals surface area contributed by atoms with Crippen LogP contribution in [0, 0.1) is 5.21 Å². The first-order valence-corrected chi connectivity index (χ1v) is 4.86. The lowest BCUT2D eigenvalue weighted by Gasteiger charge is -2.09. The number of nitrogens with zero attached hydrogens (tertiary/aromatic N) is 1. The quantitative estimate of drug-likeness (QED) is 0.490. The maximum absolute atomic E-state index is 11.9. The molecule has 1 heterocycles. The van der Waals surface area contributed by atoms with Gasteiger partial charge in [0.2, 0.25) is 0 Å². The number of amides is 1. The maximum atomic E-state index is 11.9. The average Bonchev–Trinajstić information content (AvgIpc) is 2.17. The molecule has 1 N–H and O–H groups in total. The molecule has 4 nitrogen and oxygen atoms in total. The molecule has 0 saturated heterocycles. The summed E-state index contributed by atoms with van der Waals surface area (Å²) in [4.78, 5) is 10.6. The van der Waals surface area contributed by atoms with Crippen molar-refractivity contribution >= 4 is 39.1 Å². The number of aromatic nitrogens is 1. The number of anilines is 1. The Labute approximate surface area is 101 Å². The van der Waals surface area contributed by atoms with Gasteiger partial charge < -0.3 is 10.5 Å². The molecule has 1 rings (SSSR count). The Kier molecular flexibility index (Phi) is 3.64. The van der Waals surface area contributed by atoms with E-state index in [4.69, 9.17) is 11.6 Å². The van der Waals surface area contributed by atoms with Crippen LogP contribution in [0.2, 0.25) is 5.15 Å². The fraction of sp³-hybridized carbons (Fsp3) is 0.143. The van der Waals surface area contributed by atoms with Crippen molar-refractivity contribution in [1.82, 2.24) is 0 Å². The number of pyridine rings is 1. The van der Waals surface area contributed by atoms with Crippen molar-refractivity contribution in [2.45, 2.75) is 6.18 Å². The van der Waals surface area contributed by atoms with Crippen LogP contribution in [0.25, 0.3) is 0 Å². The molecule has 9 heteroatoms. The largest absolute Gasteiger partial charge is 0.617 e. The van der Waals surface area contributed by atoms with Gasteiger partial charge in [-0.2, -0.15) is 13.2 Å². The molecular weight excluding hydrogens is 316 g/mol. The number of halogens is 5. The van der Waals surface area contributed by atoms with Crippen molar-refractivity contribution in [3.63, 3.8) is 0 Å². The van der Waals surface area contributed by atoms with Crippen LogP contribution in [0.5, 0.6) is 0 Å². The molecule has 16 heavy (non-hydrogen) atoms. The Morgan fingerprint density at radius 1 is 1.50 bits per heavy atom. The number of alkyl halides is 3. The van der Waals surface area contributed by atoms with Gasteiger partial charge in [-0.3, -0.25) is 4.79 Å². The van der Waals surface area contributed by atoms with Gasteiger partial charge in [0.05, 0.1) is 0 Å². The third-order valence-electron chi connectivity index (χ3n) is 1.49. The summed E-state index contributed by atoms with van der Waals surface area (Å²) in [6.45, 7) is 0. The highest BCUT2D eigenvalue weighted by atomic mass is 79.9. The second-order valence-corrected chi connectivity index (χ2v) is 3.75. The summed E-state index contributed by atoms with van der Waals surface area (Å²) in [5.74, 6) is -2.17. The van der Waals surface area contributed by atoms with Crippen LogP contribution >= 0.6 is 27.5 Å². The number of hydrogen-bond acceptors (Lipinski definition) is 2. The SMILES string of the molecule is O=C(Nc1ccc(Cl)[n+]([O-])c1Br)C(F)(F)F. The molecule has 0 atom stereocenters. The van der Waals surface area contributed by atoms with E-state index in [9.17, 15) is 23.2 Å². The molecule has 0 spiro atoms. The molecular formula is C7H3BrClF3N2O2. The molecule has 0 bridgehead atoms. The van der Waals surface area contributed by atoms with Gasteiger partial charge in [-0.15, -0.1) is 4.73 Å². The van der Waals surface area contributed by atoms with E-state index >= 15 is 0 Å². The maximum Gasteiger partial charge on any atom is 0.471 e. The number of hydrogen-bond donors (Lipinski definition) is 1. The molecule has 1 aromatic heterocycles. The molecule has 0 radical (unpaired) electrons. The van der Waals surface area contributed by atoms with Crippen molar-refractivity contribution in [1.29, 1.82) is 0 Å². The molecule has 0 aliphatic carbocycles. The minimum Gasteiger partial charge on any atom is -0.617 e. The van der Waals surface area contributed by atoms with Crippen molar-refractivity contribution in [3.8, 4) is 0 Å². The van der Waals surface area contributed by atoms with Gasteiger partial charge in [-0.05, 0) is 17.7 Å². The number of rotatable bonds is 1.